The van der Waals surface area contributed by atoms with Gasteiger partial charge in [0.1, 0.15) is 0 Å². The van der Waals surface area contributed by atoms with Crippen molar-refractivity contribution in [2.45, 2.75) is 51.4 Å². The molecule has 0 saturated carbocycles. The summed E-state index contributed by atoms with van der Waals surface area (Å²) in [6, 6.07) is 67.5. The maximum absolute atomic E-state index is 2.48. The predicted molar refractivity (Wildman–Crippen MR) is 255 cm³/mol. The summed E-state index contributed by atoms with van der Waals surface area (Å²) in [6.07, 6.45) is 2.41. The molecule has 59 heavy (non-hydrogen) atoms. The fourth-order valence-electron chi connectivity index (χ4n) is 9.76. The Morgan fingerprint density at radius 3 is 1.92 bits per heavy atom. The van der Waals surface area contributed by atoms with E-state index in [9.17, 15) is 0 Å². The lowest BCUT2D eigenvalue weighted by Crippen LogP contribution is -2.33. The zero-order valence-corrected chi connectivity index (χ0v) is 34.9. The van der Waals surface area contributed by atoms with Crippen LogP contribution in [0, 0.1) is 0 Å². The third-order valence-electron chi connectivity index (χ3n) is 13.1. The van der Waals surface area contributed by atoms with Gasteiger partial charge in [-0.15, -0.1) is 11.3 Å². The molecule has 10 aromatic rings. The zero-order chi connectivity index (χ0) is 39.9. The Bertz CT molecular complexity index is 3220. The molecular weight excluding hydrogens is 733 g/mol. The van der Waals surface area contributed by atoms with Gasteiger partial charge in [-0.2, -0.15) is 0 Å². The summed E-state index contributed by atoms with van der Waals surface area (Å²) in [6.45, 7) is 9.64. The summed E-state index contributed by atoms with van der Waals surface area (Å²) in [5.74, 6) is 0. The Morgan fingerprint density at radius 1 is 0.441 bits per heavy atom. The Labute approximate surface area is 350 Å². The van der Waals surface area contributed by atoms with Crippen molar-refractivity contribution in [3.63, 3.8) is 0 Å². The van der Waals surface area contributed by atoms with Crippen LogP contribution in [-0.4, -0.2) is 4.57 Å². The summed E-state index contributed by atoms with van der Waals surface area (Å²) >= 11 is 1.86. The molecule has 0 bridgehead atoms. The second-order valence-electron chi connectivity index (χ2n) is 17.6. The van der Waals surface area contributed by atoms with E-state index in [0.717, 1.165) is 17.1 Å². The third-order valence-corrected chi connectivity index (χ3v) is 14.2. The molecule has 1 aliphatic rings. The minimum absolute atomic E-state index is 0.142. The van der Waals surface area contributed by atoms with E-state index in [1.807, 2.05) is 11.3 Å². The first kappa shape index (κ1) is 35.7. The lowest BCUT2D eigenvalue weighted by atomic mass is 9.63. The van der Waals surface area contributed by atoms with E-state index in [2.05, 4.69) is 219 Å². The lowest BCUT2D eigenvalue weighted by molar-refractivity contribution is 0.332. The number of aromatic nitrogens is 1. The highest BCUT2D eigenvalue weighted by Crippen LogP contribution is 2.48. The number of para-hydroxylation sites is 2. The Kier molecular flexibility index (Phi) is 8.22. The van der Waals surface area contributed by atoms with Crippen LogP contribution in [-0.2, 0) is 10.8 Å². The summed E-state index contributed by atoms with van der Waals surface area (Å²) < 4.78 is 5.10. The Balaban J connectivity index is 1.03. The highest BCUT2D eigenvalue weighted by atomic mass is 32.1. The normalized spacial score (nSPS) is 14.6. The molecule has 0 unspecified atom stereocenters. The van der Waals surface area contributed by atoms with Gasteiger partial charge in [0.25, 0.3) is 0 Å². The van der Waals surface area contributed by atoms with Gasteiger partial charge in [0.2, 0.25) is 0 Å². The number of anilines is 3. The van der Waals surface area contributed by atoms with E-state index in [4.69, 9.17) is 0 Å². The highest BCUT2D eigenvalue weighted by molar-refractivity contribution is 7.25. The van der Waals surface area contributed by atoms with Gasteiger partial charge in [-0.1, -0.05) is 137 Å². The number of hydrogen-bond donors (Lipinski definition) is 0. The first-order valence-corrected chi connectivity index (χ1v) is 21.7. The molecule has 0 spiro atoms. The molecule has 0 aliphatic heterocycles. The van der Waals surface area contributed by atoms with E-state index in [0.29, 0.717) is 0 Å². The van der Waals surface area contributed by atoms with Crippen LogP contribution in [0.5, 0.6) is 0 Å². The summed E-state index contributed by atoms with van der Waals surface area (Å²) in [5, 5.41) is 5.14. The van der Waals surface area contributed by atoms with Crippen LogP contribution in [0.2, 0.25) is 0 Å². The molecule has 8 aromatic carbocycles. The molecule has 2 nitrogen and oxygen atoms in total. The highest BCUT2D eigenvalue weighted by Gasteiger charge is 2.37. The van der Waals surface area contributed by atoms with Crippen molar-refractivity contribution in [3.8, 4) is 27.9 Å². The van der Waals surface area contributed by atoms with Crippen molar-refractivity contribution >= 4 is 70.4 Å². The number of thiophene rings is 1. The van der Waals surface area contributed by atoms with E-state index in [1.165, 1.54) is 93.9 Å². The van der Waals surface area contributed by atoms with Gasteiger partial charge >= 0.3 is 0 Å². The molecule has 0 saturated heterocycles. The third kappa shape index (κ3) is 5.90. The average molecular weight is 779 g/mol. The molecule has 0 radical (unpaired) electrons. The van der Waals surface area contributed by atoms with Gasteiger partial charge in [0, 0.05) is 53.6 Å². The number of benzene rings is 8. The maximum atomic E-state index is 2.48. The van der Waals surface area contributed by atoms with Gasteiger partial charge < -0.3 is 9.47 Å². The van der Waals surface area contributed by atoms with Crippen LogP contribution >= 0.6 is 11.3 Å². The molecule has 2 aromatic heterocycles. The standard InChI is InChI=1S/C56H46N2S/c1-55(2)32-33-56(3,4)49-36-42(27-29-48(49)55)58-51-20-12-9-17-44(51)46-34-39(24-30-52(46)58)37-22-25-40(26-23-37)57(50-19-11-8-16-43(50)38-14-6-5-7-15-38)41-28-31-54-47(35-41)45-18-10-13-21-53(45)59-54/h5-31,34-36H,32-33H2,1-4H3. The van der Waals surface area contributed by atoms with Crippen LogP contribution < -0.4 is 4.90 Å². The number of nitrogens with zero attached hydrogens (tertiary/aromatic N) is 2. The van der Waals surface area contributed by atoms with Gasteiger partial charge in [-0.25, -0.2) is 0 Å². The van der Waals surface area contributed by atoms with E-state index in [-0.39, 0.29) is 10.8 Å². The molecule has 0 fully saturated rings. The lowest BCUT2D eigenvalue weighted by Gasteiger charge is -2.42. The summed E-state index contributed by atoms with van der Waals surface area (Å²) in [4.78, 5) is 2.43. The fourth-order valence-corrected chi connectivity index (χ4v) is 10.8. The Hall–Kier alpha value is -6.42. The second-order valence-corrected chi connectivity index (χ2v) is 18.7. The van der Waals surface area contributed by atoms with Crippen molar-refractivity contribution in [1.29, 1.82) is 0 Å². The molecule has 2 heterocycles. The second kappa shape index (κ2) is 13.6. The van der Waals surface area contributed by atoms with Gasteiger partial charge in [-0.3, -0.25) is 0 Å². The summed E-state index contributed by atoms with van der Waals surface area (Å²) in [7, 11) is 0. The van der Waals surface area contributed by atoms with E-state index >= 15 is 0 Å². The number of hydrogen-bond acceptors (Lipinski definition) is 2. The van der Waals surface area contributed by atoms with Crippen molar-refractivity contribution in [2.75, 3.05) is 4.90 Å². The van der Waals surface area contributed by atoms with E-state index < -0.39 is 0 Å². The quantitative estimate of drug-likeness (QED) is 0.163. The topological polar surface area (TPSA) is 8.17 Å². The first-order chi connectivity index (χ1) is 28.7. The van der Waals surface area contributed by atoms with Gasteiger partial charge in [0.15, 0.2) is 0 Å². The van der Waals surface area contributed by atoms with Crippen LogP contribution in [0.1, 0.15) is 51.7 Å². The molecule has 286 valence electrons. The molecule has 11 rings (SSSR count). The van der Waals surface area contributed by atoms with Crippen LogP contribution in [0.25, 0.3) is 69.9 Å². The predicted octanol–water partition coefficient (Wildman–Crippen LogP) is 16.3. The van der Waals surface area contributed by atoms with Crippen LogP contribution in [0.4, 0.5) is 17.1 Å². The molecular formula is C56H46N2S. The number of fused-ring (bicyclic) bond motifs is 7. The van der Waals surface area contributed by atoms with E-state index in [1.54, 1.807) is 0 Å². The molecule has 0 N–H and O–H groups in total. The zero-order valence-electron chi connectivity index (χ0n) is 34.0. The SMILES string of the molecule is CC1(C)CCC(C)(C)c2cc(-n3c4ccccc4c4cc(-c5ccc(N(c6ccc7sc8ccccc8c7c6)c6ccccc6-c6ccccc6)cc5)ccc43)ccc21. The molecule has 0 amide bonds. The molecule has 1 aliphatic carbocycles. The first-order valence-electron chi connectivity index (χ1n) is 20.9. The average Bonchev–Trinajstić information content (AvgIpc) is 3.81. The Morgan fingerprint density at radius 2 is 1.08 bits per heavy atom. The minimum Gasteiger partial charge on any atom is -0.310 e. The van der Waals surface area contributed by atoms with Crippen molar-refractivity contribution in [2.24, 2.45) is 0 Å². The maximum Gasteiger partial charge on any atom is 0.0541 e. The number of rotatable bonds is 6. The van der Waals surface area contributed by atoms with Crippen molar-refractivity contribution in [3.05, 3.63) is 193 Å². The smallest absolute Gasteiger partial charge is 0.0541 e. The monoisotopic (exact) mass is 778 g/mol. The molecule has 3 heteroatoms. The van der Waals surface area contributed by atoms with Gasteiger partial charge in [0.05, 0.1) is 16.7 Å². The molecule has 0 atom stereocenters. The van der Waals surface area contributed by atoms with Crippen LogP contribution in [0.3, 0.4) is 0 Å². The minimum atomic E-state index is 0.142. The van der Waals surface area contributed by atoms with Crippen molar-refractivity contribution in [1.82, 2.24) is 4.57 Å². The summed E-state index contributed by atoms with van der Waals surface area (Å²) in [5.41, 5.74) is 15.2. The van der Waals surface area contributed by atoms with Crippen LogP contribution in [0.15, 0.2) is 182 Å². The largest absolute Gasteiger partial charge is 0.310 e. The van der Waals surface area contributed by atoms with Crippen molar-refractivity contribution < 1.29 is 0 Å². The fraction of sp³-hybridized carbons (Fsp3) is 0.143. The van der Waals surface area contributed by atoms with Gasteiger partial charge in [-0.05, 0) is 124 Å².